The van der Waals surface area contributed by atoms with Crippen molar-refractivity contribution in [3.63, 3.8) is 0 Å². The molecule has 1 unspecified atom stereocenters. The molecule has 0 spiro atoms. The van der Waals surface area contributed by atoms with E-state index in [1.54, 1.807) is 6.92 Å². The van der Waals surface area contributed by atoms with Gasteiger partial charge >= 0.3 is 5.97 Å². The quantitative estimate of drug-likeness (QED) is 0.822. The largest absolute Gasteiger partial charge is 0.481 e. The molecule has 2 N–H and O–H groups in total. The fraction of sp³-hybridized carbons (Fsp3) is 0.385. The van der Waals surface area contributed by atoms with Crippen molar-refractivity contribution >= 4 is 11.9 Å². The van der Waals surface area contributed by atoms with Crippen molar-refractivity contribution in [3.05, 3.63) is 30.1 Å². The molecule has 6 heteroatoms. The van der Waals surface area contributed by atoms with Gasteiger partial charge in [0.25, 0.3) is 5.91 Å². The van der Waals surface area contributed by atoms with E-state index in [2.05, 4.69) is 5.32 Å². The van der Waals surface area contributed by atoms with Crippen molar-refractivity contribution in [2.24, 2.45) is 0 Å². The van der Waals surface area contributed by atoms with E-state index >= 15 is 0 Å². The van der Waals surface area contributed by atoms with Gasteiger partial charge in [0, 0.05) is 0 Å². The first-order chi connectivity index (χ1) is 8.93. The van der Waals surface area contributed by atoms with Crippen molar-refractivity contribution in [3.8, 4) is 5.75 Å². The van der Waals surface area contributed by atoms with Gasteiger partial charge in [0.2, 0.25) is 0 Å². The van der Waals surface area contributed by atoms with E-state index in [1.165, 1.54) is 31.2 Å². The Bertz CT molecular complexity index is 446. The van der Waals surface area contributed by atoms with Crippen molar-refractivity contribution in [2.75, 3.05) is 0 Å². The predicted molar refractivity (Wildman–Crippen MR) is 66.3 cm³/mol. The summed E-state index contributed by atoms with van der Waals surface area (Å²) in [5.74, 6) is -1.68. The average Bonchev–Trinajstić information content (AvgIpc) is 2.37. The number of rotatable bonds is 6. The van der Waals surface area contributed by atoms with Crippen LogP contribution >= 0.6 is 0 Å². The van der Waals surface area contributed by atoms with Gasteiger partial charge in [0.1, 0.15) is 17.6 Å². The summed E-state index contributed by atoms with van der Waals surface area (Å²) in [6, 6.07) is 4.28. The zero-order chi connectivity index (χ0) is 14.4. The second-order valence-electron chi connectivity index (χ2n) is 4.02. The van der Waals surface area contributed by atoms with Crippen molar-refractivity contribution in [1.82, 2.24) is 5.32 Å². The second-order valence-corrected chi connectivity index (χ2v) is 4.02. The maximum atomic E-state index is 12.7. The lowest BCUT2D eigenvalue weighted by atomic mass is 10.2. The van der Waals surface area contributed by atoms with E-state index in [4.69, 9.17) is 9.84 Å². The third-order valence-corrected chi connectivity index (χ3v) is 2.52. The maximum absolute atomic E-state index is 12.7. The minimum absolute atomic E-state index is 0.282. The van der Waals surface area contributed by atoms with Gasteiger partial charge in [-0.25, -0.2) is 9.18 Å². The molecule has 19 heavy (non-hydrogen) atoms. The molecule has 5 nitrogen and oxygen atoms in total. The molecule has 1 amide bonds. The molecule has 0 aliphatic heterocycles. The first-order valence-electron chi connectivity index (χ1n) is 5.89. The Kier molecular flexibility index (Phi) is 5.29. The molecule has 0 heterocycles. The normalized spacial score (nSPS) is 13.4. The molecule has 0 aromatic heterocycles. The lowest BCUT2D eigenvalue weighted by Crippen LogP contribution is -2.45. The molecule has 1 aromatic carbocycles. The van der Waals surface area contributed by atoms with Gasteiger partial charge in [-0.15, -0.1) is 0 Å². The number of carbonyl (C=O) groups is 2. The molecule has 0 aliphatic carbocycles. The topological polar surface area (TPSA) is 75.6 Å². The van der Waals surface area contributed by atoms with Crippen LogP contribution in [0.1, 0.15) is 20.3 Å². The highest BCUT2D eigenvalue weighted by atomic mass is 19.1. The number of halogens is 1. The Morgan fingerprint density at radius 3 is 2.42 bits per heavy atom. The van der Waals surface area contributed by atoms with E-state index < -0.39 is 29.8 Å². The summed E-state index contributed by atoms with van der Waals surface area (Å²) in [6.45, 7) is 3.15. The van der Waals surface area contributed by atoms with Crippen LogP contribution in [0, 0.1) is 5.82 Å². The maximum Gasteiger partial charge on any atom is 0.326 e. The summed E-state index contributed by atoms with van der Waals surface area (Å²) >= 11 is 0. The second kappa shape index (κ2) is 6.72. The smallest absolute Gasteiger partial charge is 0.326 e. The lowest BCUT2D eigenvalue weighted by Gasteiger charge is -2.17. The number of ether oxygens (including phenoxy) is 1. The highest BCUT2D eigenvalue weighted by Gasteiger charge is 2.22. The SMILES string of the molecule is CC[C@H](NC(=O)C(C)Oc1ccc(F)cc1)C(=O)O. The van der Waals surface area contributed by atoms with Gasteiger partial charge < -0.3 is 15.2 Å². The first-order valence-corrected chi connectivity index (χ1v) is 5.89. The standard InChI is InChI=1S/C13H16FNO4/c1-3-11(13(17)18)15-12(16)8(2)19-10-6-4-9(14)5-7-10/h4-8,11H,3H2,1-2H3,(H,15,16)(H,17,18)/t8?,11-/m0/s1. The van der Waals surface area contributed by atoms with Crippen LogP contribution in [0.4, 0.5) is 4.39 Å². The zero-order valence-electron chi connectivity index (χ0n) is 10.7. The Hall–Kier alpha value is -2.11. The molecule has 0 radical (unpaired) electrons. The first kappa shape index (κ1) is 14.9. The van der Waals surface area contributed by atoms with E-state index in [0.717, 1.165) is 0 Å². The predicted octanol–water partition coefficient (Wildman–Crippen LogP) is 1.57. The number of aliphatic carboxylic acids is 1. The average molecular weight is 269 g/mol. The highest BCUT2D eigenvalue weighted by molar-refractivity contribution is 5.86. The van der Waals surface area contributed by atoms with Crippen LogP contribution in [0.25, 0.3) is 0 Å². The number of amides is 1. The fourth-order valence-corrected chi connectivity index (χ4v) is 1.40. The molecule has 1 aromatic rings. The number of nitrogens with one attached hydrogen (secondary N) is 1. The summed E-state index contributed by atoms with van der Waals surface area (Å²) in [4.78, 5) is 22.5. The fourth-order valence-electron chi connectivity index (χ4n) is 1.40. The number of hydrogen-bond donors (Lipinski definition) is 2. The van der Waals surface area contributed by atoms with E-state index in [-0.39, 0.29) is 6.42 Å². The van der Waals surface area contributed by atoms with Crippen molar-refractivity contribution in [1.29, 1.82) is 0 Å². The molecule has 0 bridgehead atoms. The molecule has 104 valence electrons. The van der Waals surface area contributed by atoms with Crippen LogP contribution in [0.5, 0.6) is 5.75 Å². The third kappa shape index (κ3) is 4.57. The molecule has 1 rings (SSSR count). The van der Waals surface area contributed by atoms with Gasteiger partial charge in [-0.05, 0) is 37.6 Å². The summed E-state index contributed by atoms with van der Waals surface area (Å²) < 4.78 is 18.0. The van der Waals surface area contributed by atoms with Crippen LogP contribution in [0.15, 0.2) is 24.3 Å². The Morgan fingerprint density at radius 2 is 1.95 bits per heavy atom. The van der Waals surface area contributed by atoms with E-state index in [0.29, 0.717) is 5.75 Å². The minimum atomic E-state index is -1.09. The number of carbonyl (C=O) groups excluding carboxylic acids is 1. The Balaban J connectivity index is 2.57. The molecular formula is C13H16FNO4. The summed E-state index contributed by atoms with van der Waals surface area (Å²) in [5.41, 5.74) is 0. The Morgan fingerprint density at radius 1 is 1.37 bits per heavy atom. The molecule has 0 saturated heterocycles. The van der Waals surface area contributed by atoms with Crippen LogP contribution in [-0.4, -0.2) is 29.1 Å². The van der Waals surface area contributed by atoms with Crippen LogP contribution in [-0.2, 0) is 9.59 Å². The van der Waals surface area contributed by atoms with Gasteiger partial charge in [-0.3, -0.25) is 4.79 Å². The van der Waals surface area contributed by atoms with Crippen LogP contribution in [0.3, 0.4) is 0 Å². The Labute approximate surface area is 110 Å². The molecule has 2 atom stereocenters. The van der Waals surface area contributed by atoms with Gasteiger partial charge in [0.05, 0.1) is 0 Å². The van der Waals surface area contributed by atoms with E-state index in [1.807, 2.05) is 0 Å². The summed E-state index contributed by atoms with van der Waals surface area (Å²) in [6.07, 6.45) is -0.580. The van der Waals surface area contributed by atoms with E-state index in [9.17, 15) is 14.0 Å². The molecule has 0 aliphatic rings. The lowest BCUT2D eigenvalue weighted by molar-refractivity contribution is -0.143. The van der Waals surface area contributed by atoms with Crippen LogP contribution < -0.4 is 10.1 Å². The number of hydrogen-bond acceptors (Lipinski definition) is 3. The van der Waals surface area contributed by atoms with Gasteiger partial charge in [-0.1, -0.05) is 6.92 Å². The minimum Gasteiger partial charge on any atom is -0.481 e. The number of benzene rings is 1. The highest BCUT2D eigenvalue weighted by Crippen LogP contribution is 2.13. The van der Waals surface area contributed by atoms with Crippen molar-refractivity contribution < 1.29 is 23.8 Å². The summed E-state index contributed by atoms with van der Waals surface area (Å²) in [7, 11) is 0. The number of carboxylic acids is 1. The number of carboxylic acid groups (broad SMARTS) is 1. The zero-order valence-corrected chi connectivity index (χ0v) is 10.7. The monoisotopic (exact) mass is 269 g/mol. The van der Waals surface area contributed by atoms with Crippen molar-refractivity contribution in [2.45, 2.75) is 32.4 Å². The van der Waals surface area contributed by atoms with Gasteiger partial charge in [0.15, 0.2) is 6.10 Å². The molecule has 0 fully saturated rings. The molecular weight excluding hydrogens is 253 g/mol. The summed E-state index contributed by atoms with van der Waals surface area (Å²) in [5, 5.41) is 11.2. The molecule has 0 saturated carbocycles. The van der Waals surface area contributed by atoms with Crippen LogP contribution in [0.2, 0.25) is 0 Å². The third-order valence-electron chi connectivity index (χ3n) is 2.52. The van der Waals surface area contributed by atoms with Gasteiger partial charge in [-0.2, -0.15) is 0 Å².